The lowest BCUT2D eigenvalue weighted by Crippen LogP contribution is -2.38. The predicted molar refractivity (Wildman–Crippen MR) is 129 cm³/mol. The summed E-state index contributed by atoms with van der Waals surface area (Å²) >= 11 is 0. The first-order valence-corrected chi connectivity index (χ1v) is 11.7. The lowest BCUT2D eigenvalue weighted by atomic mass is 9.91. The number of carbonyl (C=O) groups excluding carboxylic acids is 3. The first-order valence-electron chi connectivity index (χ1n) is 11.7. The summed E-state index contributed by atoms with van der Waals surface area (Å²) in [5, 5.41) is 6.82. The highest BCUT2D eigenvalue weighted by molar-refractivity contribution is 6.05. The van der Waals surface area contributed by atoms with Gasteiger partial charge in [0.25, 0.3) is 5.91 Å². The molecule has 2 atom stereocenters. The standard InChI is InChI=1S/C26H28N4O5/c1-34-16-8-6-15(7-9-16)14-30-25(32)22(29-26(30)33)13-23(31)27-21-5-3-4-18-19-12-17(35-2)10-11-20(19)28-24(18)21/h6-12,21-22,28H,3-5,13-14H2,1-2H3,(H,27,31)(H,29,33)/t21?,22-/m0/s1. The summed E-state index contributed by atoms with van der Waals surface area (Å²) in [6.07, 6.45) is 2.56. The molecule has 0 radical (unpaired) electrons. The fraction of sp³-hybridized carbons (Fsp3) is 0.346. The second kappa shape index (κ2) is 9.32. The zero-order valence-electron chi connectivity index (χ0n) is 19.7. The number of methoxy groups -OCH3 is 2. The molecule has 5 rings (SSSR count). The van der Waals surface area contributed by atoms with Gasteiger partial charge in [0, 0.05) is 16.6 Å². The lowest BCUT2D eigenvalue weighted by molar-refractivity contribution is -0.131. The molecule has 1 fully saturated rings. The van der Waals surface area contributed by atoms with Crippen LogP contribution in [0.25, 0.3) is 10.9 Å². The Bertz CT molecular complexity index is 1280. The van der Waals surface area contributed by atoms with Gasteiger partial charge in [-0.3, -0.25) is 14.5 Å². The van der Waals surface area contributed by atoms with E-state index < -0.39 is 18.0 Å². The molecule has 0 saturated carbocycles. The number of hydrogen-bond acceptors (Lipinski definition) is 5. The third kappa shape index (κ3) is 4.41. The van der Waals surface area contributed by atoms with Crippen LogP contribution >= 0.6 is 0 Å². The summed E-state index contributed by atoms with van der Waals surface area (Å²) in [7, 11) is 3.22. The molecule has 2 aromatic carbocycles. The van der Waals surface area contributed by atoms with Crippen molar-refractivity contribution in [2.75, 3.05) is 14.2 Å². The van der Waals surface area contributed by atoms with Crippen LogP contribution in [0.1, 0.15) is 42.1 Å². The average Bonchev–Trinajstić information content (AvgIpc) is 3.37. The number of hydrogen-bond donors (Lipinski definition) is 3. The monoisotopic (exact) mass is 476 g/mol. The number of rotatable bonds is 7. The molecular weight excluding hydrogens is 448 g/mol. The minimum absolute atomic E-state index is 0.108. The van der Waals surface area contributed by atoms with E-state index in [1.165, 1.54) is 5.56 Å². The number of fused-ring (bicyclic) bond motifs is 3. The molecule has 1 aliphatic carbocycles. The van der Waals surface area contributed by atoms with Crippen molar-refractivity contribution in [2.45, 2.75) is 44.3 Å². The van der Waals surface area contributed by atoms with Crippen molar-refractivity contribution in [1.29, 1.82) is 0 Å². The molecular formula is C26H28N4O5. The SMILES string of the molecule is COc1ccc(CN2C(=O)N[C@@H](CC(=O)NC3CCCc4c3[nH]c3ccc(OC)cc43)C2=O)cc1. The van der Waals surface area contributed by atoms with Gasteiger partial charge in [-0.1, -0.05) is 12.1 Å². The van der Waals surface area contributed by atoms with Crippen molar-refractivity contribution in [3.8, 4) is 11.5 Å². The molecule has 0 spiro atoms. The molecule has 9 nitrogen and oxygen atoms in total. The highest BCUT2D eigenvalue weighted by Crippen LogP contribution is 2.36. The molecule has 3 N–H and O–H groups in total. The van der Waals surface area contributed by atoms with Gasteiger partial charge in [0.15, 0.2) is 0 Å². The topological polar surface area (TPSA) is 113 Å². The highest BCUT2D eigenvalue weighted by atomic mass is 16.5. The van der Waals surface area contributed by atoms with E-state index in [0.717, 1.165) is 52.1 Å². The van der Waals surface area contributed by atoms with E-state index in [0.29, 0.717) is 5.75 Å². The summed E-state index contributed by atoms with van der Waals surface area (Å²) < 4.78 is 10.5. The van der Waals surface area contributed by atoms with Crippen LogP contribution in [-0.2, 0) is 22.6 Å². The van der Waals surface area contributed by atoms with Gasteiger partial charge in [-0.25, -0.2) is 4.79 Å². The molecule has 35 heavy (non-hydrogen) atoms. The molecule has 182 valence electrons. The number of ether oxygens (including phenoxy) is 2. The van der Waals surface area contributed by atoms with Crippen LogP contribution in [0.15, 0.2) is 42.5 Å². The molecule has 1 saturated heterocycles. The molecule has 1 aromatic heterocycles. The molecule has 2 aliphatic rings. The van der Waals surface area contributed by atoms with Crippen molar-refractivity contribution < 1.29 is 23.9 Å². The molecule has 9 heteroatoms. The third-order valence-corrected chi connectivity index (χ3v) is 6.75. The van der Waals surface area contributed by atoms with E-state index in [1.54, 1.807) is 38.5 Å². The summed E-state index contributed by atoms with van der Waals surface area (Å²) in [5.41, 5.74) is 3.98. The van der Waals surface area contributed by atoms with Gasteiger partial charge in [0.05, 0.1) is 33.2 Å². The highest BCUT2D eigenvalue weighted by Gasteiger charge is 2.39. The van der Waals surface area contributed by atoms with Crippen molar-refractivity contribution in [3.05, 3.63) is 59.3 Å². The maximum Gasteiger partial charge on any atom is 0.325 e. The van der Waals surface area contributed by atoms with Crippen molar-refractivity contribution in [2.24, 2.45) is 0 Å². The normalized spacial score (nSPS) is 19.4. The van der Waals surface area contributed by atoms with Gasteiger partial charge in [0.2, 0.25) is 5.91 Å². The van der Waals surface area contributed by atoms with Crippen molar-refractivity contribution in [1.82, 2.24) is 20.5 Å². The van der Waals surface area contributed by atoms with E-state index in [2.05, 4.69) is 15.6 Å². The minimum Gasteiger partial charge on any atom is -0.497 e. The quantitative estimate of drug-likeness (QED) is 0.454. The predicted octanol–water partition coefficient (Wildman–Crippen LogP) is 3.19. The van der Waals surface area contributed by atoms with Gasteiger partial charge in [0.1, 0.15) is 17.5 Å². The van der Waals surface area contributed by atoms with Crippen molar-refractivity contribution in [3.63, 3.8) is 0 Å². The number of nitrogens with one attached hydrogen (secondary N) is 3. The number of aromatic amines is 1. The summed E-state index contributed by atoms with van der Waals surface area (Å²) in [5.74, 6) is 0.813. The number of aromatic nitrogens is 1. The number of carbonyl (C=O) groups is 3. The Kier molecular flexibility index (Phi) is 6.07. The van der Waals surface area contributed by atoms with Crippen LogP contribution in [0.4, 0.5) is 4.79 Å². The number of nitrogens with zero attached hydrogens (tertiary/aromatic N) is 1. The van der Waals surface area contributed by atoms with Crippen LogP contribution < -0.4 is 20.1 Å². The van der Waals surface area contributed by atoms with Gasteiger partial charge in [-0.05, 0) is 60.7 Å². The minimum atomic E-state index is -0.879. The van der Waals surface area contributed by atoms with Gasteiger partial charge >= 0.3 is 6.03 Å². The summed E-state index contributed by atoms with van der Waals surface area (Å²) in [4.78, 5) is 42.8. The second-order valence-corrected chi connectivity index (χ2v) is 8.92. The largest absolute Gasteiger partial charge is 0.497 e. The van der Waals surface area contributed by atoms with E-state index in [1.807, 2.05) is 18.2 Å². The Morgan fingerprint density at radius 3 is 2.57 bits per heavy atom. The Morgan fingerprint density at radius 2 is 1.83 bits per heavy atom. The number of urea groups is 1. The fourth-order valence-corrected chi connectivity index (χ4v) is 4.93. The molecule has 1 aliphatic heterocycles. The number of aryl methyl sites for hydroxylation is 1. The van der Waals surface area contributed by atoms with Gasteiger partial charge in [-0.15, -0.1) is 0 Å². The first-order chi connectivity index (χ1) is 17.0. The molecule has 1 unspecified atom stereocenters. The van der Waals surface area contributed by atoms with E-state index >= 15 is 0 Å². The molecule has 2 heterocycles. The van der Waals surface area contributed by atoms with E-state index in [4.69, 9.17) is 9.47 Å². The zero-order valence-corrected chi connectivity index (χ0v) is 19.7. The Hall–Kier alpha value is -4.01. The summed E-state index contributed by atoms with van der Waals surface area (Å²) in [6.45, 7) is 0.136. The van der Waals surface area contributed by atoms with E-state index in [9.17, 15) is 14.4 Å². The average molecular weight is 477 g/mol. The van der Waals surface area contributed by atoms with Gasteiger partial charge in [-0.2, -0.15) is 0 Å². The molecule has 3 aromatic rings. The second-order valence-electron chi connectivity index (χ2n) is 8.92. The van der Waals surface area contributed by atoms with E-state index in [-0.39, 0.29) is 24.9 Å². The third-order valence-electron chi connectivity index (χ3n) is 6.75. The Morgan fingerprint density at radius 1 is 1.09 bits per heavy atom. The van der Waals surface area contributed by atoms with Crippen LogP contribution in [0.2, 0.25) is 0 Å². The van der Waals surface area contributed by atoms with Crippen LogP contribution in [-0.4, -0.2) is 48.0 Å². The summed E-state index contributed by atoms with van der Waals surface area (Å²) in [6, 6.07) is 11.5. The Balaban J connectivity index is 1.24. The van der Waals surface area contributed by atoms with Crippen LogP contribution in [0, 0.1) is 0 Å². The van der Waals surface area contributed by atoms with Gasteiger partial charge < -0.3 is 25.1 Å². The maximum atomic E-state index is 12.9. The van der Waals surface area contributed by atoms with Crippen molar-refractivity contribution >= 4 is 28.7 Å². The number of benzene rings is 2. The van der Waals surface area contributed by atoms with Crippen LogP contribution in [0.3, 0.4) is 0 Å². The number of H-pyrrole nitrogens is 1. The molecule has 4 amide bonds. The number of imide groups is 1. The number of amides is 4. The zero-order chi connectivity index (χ0) is 24.5. The Labute approximate surface area is 202 Å². The van der Waals surface area contributed by atoms with Crippen LogP contribution in [0.5, 0.6) is 11.5 Å². The first kappa shape index (κ1) is 22.8. The maximum absolute atomic E-state index is 12.9. The smallest absolute Gasteiger partial charge is 0.325 e. The molecule has 0 bridgehead atoms. The fourth-order valence-electron chi connectivity index (χ4n) is 4.93. The lowest BCUT2D eigenvalue weighted by Gasteiger charge is -2.24.